The minimum absolute atomic E-state index is 0. The number of pyridine rings is 1. The van der Waals surface area contributed by atoms with Crippen molar-refractivity contribution in [1.82, 2.24) is 33.9 Å². The van der Waals surface area contributed by atoms with E-state index in [1.807, 2.05) is 17.8 Å². The fraction of sp³-hybridized carbons (Fsp3) is 0.375. The molecule has 4 rings (SSSR count). The van der Waals surface area contributed by atoms with E-state index in [9.17, 15) is 9.59 Å². The molecule has 3 aromatic rings. The number of carbonyl (C=O) groups is 1. The zero-order valence-corrected chi connectivity index (χ0v) is 15.1. The second kappa shape index (κ2) is 7.30. The molecular formula is C16H20ClN7O2. The number of fused-ring (bicyclic) bond motifs is 1. The smallest absolute Gasteiger partial charge is 0.336 e. The molecule has 1 saturated heterocycles. The Hall–Kier alpha value is -2.65. The summed E-state index contributed by atoms with van der Waals surface area (Å²) in [5.74, 6) is 0.683. The highest BCUT2D eigenvalue weighted by Gasteiger charge is 2.30. The van der Waals surface area contributed by atoms with Crippen LogP contribution in [0.1, 0.15) is 11.9 Å². The van der Waals surface area contributed by atoms with Crippen molar-refractivity contribution >= 4 is 24.0 Å². The molecule has 0 bridgehead atoms. The summed E-state index contributed by atoms with van der Waals surface area (Å²) in [7, 11) is 1.91. The standard InChI is InChI=1S/C16H19N7O2.ClH/c1-20-8-6-18-15(20)12-10-17-5-9-21(12)14(24)11-23-16(25)22-7-3-2-4-13(22)19-23;/h2-4,6-8,12,17H,5,9-11H2,1H3;1H. The number of aryl methyl sites for hydroxylation is 1. The van der Waals surface area contributed by atoms with E-state index in [4.69, 9.17) is 0 Å². The number of hydrogen-bond donors (Lipinski definition) is 1. The first-order chi connectivity index (χ1) is 12.1. The minimum atomic E-state index is -0.312. The predicted octanol–water partition coefficient (Wildman–Crippen LogP) is -0.176. The van der Waals surface area contributed by atoms with Gasteiger partial charge >= 0.3 is 5.69 Å². The minimum Gasteiger partial charge on any atom is -0.336 e. The number of aromatic nitrogens is 5. The third-order valence-corrected chi connectivity index (χ3v) is 4.49. The zero-order chi connectivity index (χ0) is 17.4. The molecular weight excluding hydrogens is 358 g/mol. The van der Waals surface area contributed by atoms with Gasteiger partial charge < -0.3 is 14.8 Å². The van der Waals surface area contributed by atoms with E-state index in [2.05, 4.69) is 15.4 Å². The van der Waals surface area contributed by atoms with Gasteiger partial charge in [0.05, 0.1) is 0 Å². The van der Waals surface area contributed by atoms with E-state index >= 15 is 0 Å². The van der Waals surface area contributed by atoms with Gasteiger partial charge in [0.2, 0.25) is 5.91 Å². The maximum absolute atomic E-state index is 12.9. The van der Waals surface area contributed by atoms with Gasteiger partial charge in [-0.05, 0) is 12.1 Å². The normalized spacial score (nSPS) is 17.3. The van der Waals surface area contributed by atoms with E-state index in [1.165, 1.54) is 9.08 Å². The molecule has 9 nitrogen and oxygen atoms in total. The third kappa shape index (κ3) is 3.11. The third-order valence-electron chi connectivity index (χ3n) is 4.49. The highest BCUT2D eigenvalue weighted by atomic mass is 35.5. The van der Waals surface area contributed by atoms with Crippen LogP contribution in [0, 0.1) is 0 Å². The number of carbonyl (C=O) groups excluding carboxylic acids is 1. The Balaban J connectivity index is 0.00000196. The molecule has 3 aromatic heterocycles. The van der Waals surface area contributed by atoms with Crippen LogP contribution in [0.25, 0.3) is 5.65 Å². The van der Waals surface area contributed by atoms with Crippen LogP contribution in [-0.4, -0.2) is 54.2 Å². The van der Waals surface area contributed by atoms with Crippen molar-refractivity contribution in [2.75, 3.05) is 19.6 Å². The molecule has 0 saturated carbocycles. The summed E-state index contributed by atoms with van der Waals surface area (Å²) in [4.78, 5) is 31.4. The van der Waals surface area contributed by atoms with Gasteiger partial charge in [0.1, 0.15) is 18.4 Å². The Morgan fingerprint density at radius 3 is 2.92 bits per heavy atom. The van der Waals surface area contributed by atoms with Crippen LogP contribution in [-0.2, 0) is 18.4 Å². The first kappa shape index (κ1) is 18.2. The lowest BCUT2D eigenvalue weighted by molar-refractivity contribution is -0.135. The average molecular weight is 378 g/mol. The molecule has 1 atom stereocenters. The van der Waals surface area contributed by atoms with Crippen molar-refractivity contribution in [3.63, 3.8) is 0 Å². The summed E-state index contributed by atoms with van der Waals surface area (Å²) in [5.41, 5.74) is 0.217. The maximum atomic E-state index is 12.9. The van der Waals surface area contributed by atoms with Gasteiger partial charge in [-0.1, -0.05) is 6.07 Å². The second-order valence-corrected chi connectivity index (χ2v) is 6.07. The van der Waals surface area contributed by atoms with E-state index in [0.29, 0.717) is 25.3 Å². The highest BCUT2D eigenvalue weighted by molar-refractivity contribution is 5.85. The van der Waals surface area contributed by atoms with Gasteiger partial charge in [0.25, 0.3) is 0 Å². The zero-order valence-electron chi connectivity index (χ0n) is 14.3. The maximum Gasteiger partial charge on any atom is 0.350 e. The van der Waals surface area contributed by atoms with Crippen LogP contribution >= 0.6 is 12.4 Å². The first-order valence-electron chi connectivity index (χ1n) is 8.17. The van der Waals surface area contributed by atoms with Crippen molar-refractivity contribution in [1.29, 1.82) is 0 Å². The summed E-state index contributed by atoms with van der Waals surface area (Å²) < 4.78 is 4.56. The molecule has 1 unspecified atom stereocenters. The van der Waals surface area contributed by atoms with Gasteiger partial charge in [-0.3, -0.25) is 9.20 Å². The molecule has 1 aliphatic heterocycles. The molecule has 26 heavy (non-hydrogen) atoms. The molecule has 1 amide bonds. The summed E-state index contributed by atoms with van der Waals surface area (Å²) in [6.45, 7) is 1.84. The van der Waals surface area contributed by atoms with E-state index in [0.717, 1.165) is 5.82 Å². The van der Waals surface area contributed by atoms with Gasteiger partial charge in [0.15, 0.2) is 5.65 Å². The molecule has 0 aliphatic carbocycles. The molecule has 1 fully saturated rings. The highest BCUT2D eigenvalue weighted by Crippen LogP contribution is 2.20. The van der Waals surface area contributed by atoms with Crippen molar-refractivity contribution in [3.8, 4) is 0 Å². The van der Waals surface area contributed by atoms with E-state index in [-0.39, 0.29) is 36.6 Å². The SMILES string of the molecule is Cl.Cn1ccnc1C1CNCCN1C(=O)Cn1nc2ccccn2c1=O. The molecule has 1 N–H and O–H groups in total. The molecule has 10 heteroatoms. The van der Waals surface area contributed by atoms with E-state index < -0.39 is 0 Å². The Morgan fingerprint density at radius 2 is 2.19 bits per heavy atom. The van der Waals surface area contributed by atoms with Crippen LogP contribution in [0.4, 0.5) is 0 Å². The number of piperazine rings is 1. The number of nitrogens with one attached hydrogen (secondary N) is 1. The second-order valence-electron chi connectivity index (χ2n) is 6.07. The lowest BCUT2D eigenvalue weighted by Crippen LogP contribution is -2.50. The average Bonchev–Trinajstić information content (AvgIpc) is 3.19. The quantitative estimate of drug-likeness (QED) is 0.684. The predicted molar refractivity (Wildman–Crippen MR) is 97.2 cm³/mol. The van der Waals surface area contributed by atoms with Gasteiger partial charge in [-0.25, -0.2) is 14.5 Å². The summed E-state index contributed by atoms with van der Waals surface area (Å²) >= 11 is 0. The van der Waals surface area contributed by atoms with Gasteiger partial charge in [-0.15, -0.1) is 17.5 Å². The monoisotopic (exact) mass is 377 g/mol. The van der Waals surface area contributed by atoms with Crippen LogP contribution in [0.2, 0.25) is 0 Å². The van der Waals surface area contributed by atoms with Crippen LogP contribution in [0.5, 0.6) is 0 Å². The fourth-order valence-electron chi connectivity index (χ4n) is 3.22. The van der Waals surface area contributed by atoms with Crippen LogP contribution < -0.4 is 11.0 Å². The fourth-order valence-corrected chi connectivity index (χ4v) is 3.22. The number of imidazole rings is 1. The Bertz CT molecular complexity index is 976. The van der Waals surface area contributed by atoms with Gasteiger partial charge in [-0.2, -0.15) is 0 Å². The van der Waals surface area contributed by atoms with E-state index in [1.54, 1.807) is 35.5 Å². The summed E-state index contributed by atoms with van der Waals surface area (Å²) in [6, 6.07) is 5.15. The number of rotatable bonds is 3. The molecule has 0 spiro atoms. The lowest BCUT2D eigenvalue weighted by atomic mass is 10.1. The Labute approximate surface area is 155 Å². The van der Waals surface area contributed by atoms with Crippen LogP contribution in [0.3, 0.4) is 0 Å². The van der Waals surface area contributed by atoms with Crippen molar-refractivity contribution in [2.45, 2.75) is 12.6 Å². The lowest BCUT2D eigenvalue weighted by Gasteiger charge is -2.35. The number of amides is 1. The number of halogens is 1. The van der Waals surface area contributed by atoms with Gasteiger partial charge in [0, 0.05) is 45.3 Å². The Morgan fingerprint density at radius 1 is 1.35 bits per heavy atom. The summed E-state index contributed by atoms with van der Waals surface area (Å²) in [6.07, 6.45) is 5.23. The largest absolute Gasteiger partial charge is 0.350 e. The molecule has 0 aromatic carbocycles. The molecule has 138 valence electrons. The molecule has 0 radical (unpaired) electrons. The van der Waals surface area contributed by atoms with Crippen molar-refractivity contribution in [2.24, 2.45) is 7.05 Å². The number of hydrogen-bond acceptors (Lipinski definition) is 5. The Kier molecular flexibility index (Phi) is 5.10. The molecule has 4 heterocycles. The first-order valence-corrected chi connectivity index (χ1v) is 8.17. The van der Waals surface area contributed by atoms with Crippen LogP contribution in [0.15, 0.2) is 41.6 Å². The topological polar surface area (TPSA) is 89.5 Å². The molecule has 1 aliphatic rings. The summed E-state index contributed by atoms with van der Waals surface area (Å²) in [5, 5.41) is 7.53. The number of nitrogens with zero attached hydrogens (tertiary/aromatic N) is 6. The van der Waals surface area contributed by atoms with Crippen molar-refractivity contribution < 1.29 is 4.79 Å². The van der Waals surface area contributed by atoms with Crippen molar-refractivity contribution in [3.05, 3.63) is 53.1 Å².